The monoisotopic (exact) mass is 284 g/mol. The van der Waals surface area contributed by atoms with E-state index in [1.165, 1.54) is 32.5 Å². The predicted octanol–water partition coefficient (Wildman–Crippen LogP) is 2.00. The van der Waals surface area contributed by atoms with Crippen molar-refractivity contribution >= 4 is 24.0 Å². The molecule has 1 heterocycles. The predicted molar refractivity (Wildman–Crippen MR) is 64.0 cm³/mol. The van der Waals surface area contributed by atoms with Gasteiger partial charge >= 0.3 is 0 Å². The molecule has 74 valence electrons. The maximum atomic E-state index is 2.56. The van der Waals surface area contributed by atoms with Gasteiger partial charge in [-0.3, -0.25) is 9.80 Å². The van der Waals surface area contributed by atoms with Crippen molar-refractivity contribution in [3.05, 3.63) is 0 Å². The Labute approximate surface area is 93.3 Å². The lowest BCUT2D eigenvalue weighted by molar-refractivity contribution is 0.175. The number of likely N-dealkylation sites (N-methyl/N-ethyl adjacent to an activating group) is 1. The first-order chi connectivity index (χ1) is 5.25. The molecule has 0 aromatic carbocycles. The van der Waals surface area contributed by atoms with Crippen molar-refractivity contribution in [2.24, 2.45) is 0 Å². The van der Waals surface area contributed by atoms with Crippen molar-refractivity contribution in [2.75, 3.05) is 26.7 Å². The Balaban J connectivity index is 0.00000121. The van der Waals surface area contributed by atoms with Crippen LogP contribution in [0.5, 0.6) is 0 Å². The van der Waals surface area contributed by atoms with Gasteiger partial charge < -0.3 is 0 Å². The third-order valence-corrected chi connectivity index (χ3v) is 2.71. The normalized spacial score (nSPS) is 25.8. The third-order valence-electron chi connectivity index (χ3n) is 2.71. The molecular weight excluding hydrogens is 263 g/mol. The van der Waals surface area contributed by atoms with E-state index in [0.717, 1.165) is 0 Å². The number of nitrogens with zero attached hydrogens (tertiary/aromatic N) is 2. The highest BCUT2D eigenvalue weighted by Crippen LogP contribution is 2.11. The smallest absolute Gasteiger partial charge is 0.0591 e. The minimum absolute atomic E-state index is 0. The van der Waals surface area contributed by atoms with Crippen LogP contribution >= 0.6 is 24.0 Å². The molecule has 0 amide bonds. The quantitative estimate of drug-likeness (QED) is 0.731. The van der Waals surface area contributed by atoms with Gasteiger partial charge in [0.2, 0.25) is 0 Å². The van der Waals surface area contributed by atoms with E-state index in [-0.39, 0.29) is 24.0 Å². The highest BCUT2D eigenvalue weighted by molar-refractivity contribution is 14.0. The van der Waals surface area contributed by atoms with Gasteiger partial charge in [0.1, 0.15) is 0 Å². The van der Waals surface area contributed by atoms with Gasteiger partial charge in [-0.25, -0.2) is 0 Å². The van der Waals surface area contributed by atoms with E-state index in [0.29, 0.717) is 6.17 Å². The van der Waals surface area contributed by atoms with Gasteiger partial charge in [-0.2, -0.15) is 0 Å². The van der Waals surface area contributed by atoms with Crippen LogP contribution in [-0.4, -0.2) is 42.6 Å². The second kappa shape index (κ2) is 6.16. The summed E-state index contributed by atoms with van der Waals surface area (Å²) in [5.74, 6) is 0. The molecule has 12 heavy (non-hydrogen) atoms. The Morgan fingerprint density at radius 2 is 2.00 bits per heavy atom. The molecule has 1 saturated heterocycles. The van der Waals surface area contributed by atoms with E-state index in [2.05, 4.69) is 30.7 Å². The van der Waals surface area contributed by atoms with Crippen molar-refractivity contribution in [1.82, 2.24) is 9.80 Å². The van der Waals surface area contributed by atoms with Gasteiger partial charge in [-0.1, -0.05) is 13.3 Å². The van der Waals surface area contributed by atoms with Crippen molar-refractivity contribution < 1.29 is 0 Å². The van der Waals surface area contributed by atoms with Gasteiger partial charge in [0.05, 0.1) is 6.17 Å². The maximum Gasteiger partial charge on any atom is 0.0591 e. The summed E-state index contributed by atoms with van der Waals surface area (Å²) in [5.41, 5.74) is 0. The molecule has 0 spiro atoms. The molecule has 1 aliphatic rings. The van der Waals surface area contributed by atoms with Gasteiger partial charge in [-0.15, -0.1) is 24.0 Å². The largest absolute Gasteiger partial charge is 0.290 e. The van der Waals surface area contributed by atoms with Crippen LogP contribution in [0.15, 0.2) is 0 Å². The molecular formula is C9H21IN2. The summed E-state index contributed by atoms with van der Waals surface area (Å²) in [6, 6.07) is 0. The van der Waals surface area contributed by atoms with Crippen LogP contribution in [0.1, 0.15) is 26.7 Å². The first-order valence-electron chi connectivity index (χ1n) is 4.70. The zero-order valence-electron chi connectivity index (χ0n) is 8.42. The van der Waals surface area contributed by atoms with E-state index >= 15 is 0 Å². The van der Waals surface area contributed by atoms with Crippen LogP contribution in [0, 0.1) is 0 Å². The lowest BCUT2D eigenvalue weighted by atomic mass is 10.3. The zero-order valence-corrected chi connectivity index (χ0v) is 10.7. The summed E-state index contributed by atoms with van der Waals surface area (Å²) in [5, 5.41) is 0. The summed E-state index contributed by atoms with van der Waals surface area (Å²) in [6.45, 7) is 8.33. The lowest BCUT2D eigenvalue weighted by Gasteiger charge is -2.23. The van der Waals surface area contributed by atoms with Crippen molar-refractivity contribution in [3.8, 4) is 0 Å². The van der Waals surface area contributed by atoms with Crippen LogP contribution in [-0.2, 0) is 0 Å². The van der Waals surface area contributed by atoms with Crippen LogP contribution in [0.3, 0.4) is 0 Å². The minimum atomic E-state index is 0. The molecule has 0 radical (unpaired) electrons. The average Bonchev–Trinajstić information content (AvgIpc) is 2.31. The molecule has 0 saturated carbocycles. The van der Waals surface area contributed by atoms with E-state index in [1.54, 1.807) is 0 Å². The standard InChI is InChI=1S/C9H20N2.HI/c1-4-5-6-11-8-7-10(3)9(11)2;/h9H,4-8H2,1-3H3;1H. The fraction of sp³-hybridized carbons (Fsp3) is 1.00. The topological polar surface area (TPSA) is 6.48 Å². The van der Waals surface area contributed by atoms with E-state index in [9.17, 15) is 0 Å². The zero-order chi connectivity index (χ0) is 8.27. The second-order valence-corrected chi connectivity index (χ2v) is 3.50. The summed E-state index contributed by atoms with van der Waals surface area (Å²) in [4.78, 5) is 4.97. The van der Waals surface area contributed by atoms with E-state index in [4.69, 9.17) is 0 Å². The molecule has 0 bridgehead atoms. The number of hydrogen-bond donors (Lipinski definition) is 0. The van der Waals surface area contributed by atoms with Crippen LogP contribution in [0.2, 0.25) is 0 Å². The molecule has 1 atom stereocenters. The van der Waals surface area contributed by atoms with Crippen molar-refractivity contribution in [1.29, 1.82) is 0 Å². The molecule has 1 rings (SSSR count). The minimum Gasteiger partial charge on any atom is -0.290 e. The molecule has 0 aliphatic carbocycles. The highest BCUT2D eigenvalue weighted by atomic mass is 127. The van der Waals surface area contributed by atoms with Crippen LogP contribution < -0.4 is 0 Å². The number of hydrogen-bond acceptors (Lipinski definition) is 2. The lowest BCUT2D eigenvalue weighted by Crippen LogP contribution is -2.34. The Morgan fingerprint density at radius 1 is 1.33 bits per heavy atom. The Kier molecular flexibility index (Phi) is 6.49. The number of halogens is 1. The number of rotatable bonds is 3. The second-order valence-electron chi connectivity index (χ2n) is 3.50. The Morgan fingerprint density at radius 3 is 2.42 bits per heavy atom. The van der Waals surface area contributed by atoms with Crippen LogP contribution in [0.4, 0.5) is 0 Å². The van der Waals surface area contributed by atoms with Crippen LogP contribution in [0.25, 0.3) is 0 Å². The summed E-state index contributed by atoms with van der Waals surface area (Å²) in [7, 11) is 2.20. The Bertz CT molecular complexity index is 119. The summed E-state index contributed by atoms with van der Waals surface area (Å²) in [6.07, 6.45) is 3.33. The highest BCUT2D eigenvalue weighted by Gasteiger charge is 2.23. The molecule has 3 heteroatoms. The molecule has 0 aromatic rings. The molecule has 1 fully saturated rings. The average molecular weight is 284 g/mol. The van der Waals surface area contributed by atoms with Gasteiger partial charge in [-0.05, 0) is 26.9 Å². The van der Waals surface area contributed by atoms with E-state index in [1.807, 2.05) is 0 Å². The Hall–Kier alpha value is 0.650. The molecule has 1 unspecified atom stereocenters. The van der Waals surface area contributed by atoms with Gasteiger partial charge in [0, 0.05) is 13.1 Å². The summed E-state index contributed by atoms with van der Waals surface area (Å²) >= 11 is 0. The first-order valence-corrected chi connectivity index (χ1v) is 4.70. The third kappa shape index (κ3) is 3.18. The van der Waals surface area contributed by atoms with E-state index < -0.39 is 0 Å². The van der Waals surface area contributed by atoms with Crippen molar-refractivity contribution in [3.63, 3.8) is 0 Å². The van der Waals surface area contributed by atoms with Crippen molar-refractivity contribution in [2.45, 2.75) is 32.9 Å². The number of unbranched alkanes of at least 4 members (excludes halogenated alkanes) is 1. The summed E-state index contributed by atoms with van der Waals surface area (Å²) < 4.78 is 0. The first kappa shape index (κ1) is 12.7. The SMILES string of the molecule is CCCCN1CCN(C)C1C.I. The molecule has 1 aliphatic heterocycles. The maximum absolute atomic E-state index is 2.56. The fourth-order valence-electron chi connectivity index (χ4n) is 1.60. The van der Waals surface area contributed by atoms with Gasteiger partial charge in [0.25, 0.3) is 0 Å². The van der Waals surface area contributed by atoms with Gasteiger partial charge in [0.15, 0.2) is 0 Å². The molecule has 2 nitrogen and oxygen atoms in total. The molecule has 0 N–H and O–H groups in total. The fourth-order valence-corrected chi connectivity index (χ4v) is 1.60. The molecule has 0 aromatic heterocycles.